The molecule has 0 heterocycles. The summed E-state index contributed by atoms with van der Waals surface area (Å²) in [5.74, 6) is -0.255. The van der Waals surface area contributed by atoms with Crippen molar-refractivity contribution in [3.63, 3.8) is 0 Å². The summed E-state index contributed by atoms with van der Waals surface area (Å²) in [5, 5.41) is 0. The normalized spacial score (nSPS) is 15.9. The molecule has 0 bridgehead atoms. The largest absolute Gasteiger partial charge is 0.466 e. The van der Waals surface area contributed by atoms with Crippen molar-refractivity contribution in [2.24, 2.45) is 5.73 Å². The summed E-state index contributed by atoms with van der Waals surface area (Å²) in [6.45, 7) is 7.91. The smallest absolute Gasteiger partial charge is 0.307 e. The van der Waals surface area contributed by atoms with Gasteiger partial charge < -0.3 is 15.2 Å². The summed E-state index contributed by atoms with van der Waals surface area (Å²) in [6.07, 6.45) is 0.822. The van der Waals surface area contributed by atoms with Gasteiger partial charge in [-0.05, 0) is 34.1 Å². The summed E-state index contributed by atoms with van der Waals surface area (Å²) in [5.41, 5.74) is 5.11. The molecule has 0 aromatic carbocycles. The van der Waals surface area contributed by atoms with E-state index in [1.807, 2.05) is 20.8 Å². The molecule has 90 valence electrons. The number of rotatable bonds is 6. The first-order valence-corrected chi connectivity index (χ1v) is 5.22. The molecule has 0 fully saturated rings. The maximum Gasteiger partial charge on any atom is 0.307 e. The zero-order valence-corrected chi connectivity index (χ0v) is 10.4. The van der Waals surface area contributed by atoms with Gasteiger partial charge in [0.1, 0.15) is 0 Å². The van der Waals surface area contributed by atoms with Gasteiger partial charge in [-0.2, -0.15) is 0 Å². The minimum atomic E-state index is -0.592. The molecule has 0 spiro atoms. The Labute approximate surface area is 92.1 Å². The SMILES string of the molecule is CCOC(=O)CC(C)(N)CC(C)(C)OC. The summed E-state index contributed by atoms with van der Waals surface area (Å²) >= 11 is 0. The Hall–Kier alpha value is -0.610. The Bertz CT molecular complexity index is 212. The van der Waals surface area contributed by atoms with E-state index in [4.69, 9.17) is 15.2 Å². The van der Waals surface area contributed by atoms with Gasteiger partial charge in [-0.1, -0.05) is 0 Å². The van der Waals surface area contributed by atoms with Gasteiger partial charge in [0.25, 0.3) is 0 Å². The fourth-order valence-electron chi connectivity index (χ4n) is 1.65. The highest BCUT2D eigenvalue weighted by Crippen LogP contribution is 2.23. The van der Waals surface area contributed by atoms with Gasteiger partial charge in [-0.25, -0.2) is 0 Å². The van der Waals surface area contributed by atoms with Crippen molar-refractivity contribution in [1.29, 1.82) is 0 Å². The van der Waals surface area contributed by atoms with Crippen LogP contribution in [-0.4, -0.2) is 30.8 Å². The van der Waals surface area contributed by atoms with E-state index in [1.54, 1.807) is 14.0 Å². The minimum absolute atomic E-state index is 0.216. The molecule has 0 aromatic rings. The van der Waals surface area contributed by atoms with Crippen LogP contribution < -0.4 is 5.73 Å². The molecule has 0 aliphatic carbocycles. The van der Waals surface area contributed by atoms with Crippen LogP contribution >= 0.6 is 0 Å². The van der Waals surface area contributed by atoms with Crippen LogP contribution in [0, 0.1) is 0 Å². The average Bonchev–Trinajstić information content (AvgIpc) is 2.01. The lowest BCUT2D eigenvalue weighted by Crippen LogP contribution is -2.45. The predicted octanol–water partition coefficient (Wildman–Crippen LogP) is 1.47. The minimum Gasteiger partial charge on any atom is -0.466 e. The molecule has 4 heteroatoms. The molecule has 0 saturated heterocycles. The summed E-state index contributed by atoms with van der Waals surface area (Å²) in [6, 6.07) is 0. The molecule has 1 unspecified atom stereocenters. The van der Waals surface area contributed by atoms with Gasteiger partial charge >= 0.3 is 5.97 Å². The molecule has 2 N–H and O–H groups in total. The first-order chi connectivity index (χ1) is 6.72. The maximum atomic E-state index is 11.3. The quantitative estimate of drug-likeness (QED) is 0.684. The molecule has 15 heavy (non-hydrogen) atoms. The lowest BCUT2D eigenvalue weighted by atomic mass is 9.86. The molecule has 0 radical (unpaired) electrons. The van der Waals surface area contributed by atoms with Gasteiger partial charge in [-0.3, -0.25) is 4.79 Å². The van der Waals surface area contributed by atoms with E-state index >= 15 is 0 Å². The Morgan fingerprint density at radius 2 is 1.87 bits per heavy atom. The molecule has 0 rings (SSSR count). The Morgan fingerprint density at radius 1 is 1.33 bits per heavy atom. The highest BCUT2D eigenvalue weighted by Gasteiger charge is 2.31. The summed E-state index contributed by atoms with van der Waals surface area (Å²) < 4.78 is 10.1. The van der Waals surface area contributed by atoms with Crippen molar-refractivity contribution < 1.29 is 14.3 Å². The first-order valence-electron chi connectivity index (χ1n) is 5.22. The predicted molar refractivity (Wildman–Crippen MR) is 59.5 cm³/mol. The van der Waals surface area contributed by atoms with Crippen LogP contribution in [0.3, 0.4) is 0 Å². The monoisotopic (exact) mass is 217 g/mol. The standard InChI is InChI=1S/C11H23NO3/c1-6-15-9(13)7-11(4,12)8-10(2,3)14-5/h6-8,12H2,1-5H3. The van der Waals surface area contributed by atoms with Crippen molar-refractivity contribution in [3.8, 4) is 0 Å². The number of carbonyl (C=O) groups is 1. The van der Waals surface area contributed by atoms with Gasteiger partial charge in [-0.15, -0.1) is 0 Å². The van der Waals surface area contributed by atoms with Crippen LogP contribution in [0.4, 0.5) is 0 Å². The molecule has 0 aromatic heterocycles. The number of hydrogen-bond acceptors (Lipinski definition) is 4. The van der Waals surface area contributed by atoms with Gasteiger partial charge in [0.15, 0.2) is 0 Å². The third-order valence-electron chi connectivity index (χ3n) is 2.24. The number of nitrogens with two attached hydrogens (primary N) is 1. The van der Waals surface area contributed by atoms with E-state index in [9.17, 15) is 4.79 Å². The molecule has 1 atom stereocenters. The third kappa shape index (κ3) is 6.47. The molecule has 0 aliphatic heterocycles. The van der Waals surface area contributed by atoms with Crippen LogP contribution in [0.15, 0.2) is 0 Å². The average molecular weight is 217 g/mol. The molecule has 0 amide bonds. The molecular formula is C11H23NO3. The third-order valence-corrected chi connectivity index (χ3v) is 2.24. The van der Waals surface area contributed by atoms with Crippen LogP contribution in [0.1, 0.15) is 40.5 Å². The Balaban J connectivity index is 4.24. The van der Waals surface area contributed by atoms with E-state index in [0.29, 0.717) is 13.0 Å². The lowest BCUT2D eigenvalue weighted by Gasteiger charge is -2.33. The van der Waals surface area contributed by atoms with E-state index in [2.05, 4.69) is 0 Å². The first kappa shape index (κ1) is 14.4. The van der Waals surface area contributed by atoms with E-state index in [-0.39, 0.29) is 18.0 Å². The summed E-state index contributed by atoms with van der Waals surface area (Å²) in [4.78, 5) is 11.3. The van der Waals surface area contributed by atoms with Crippen molar-refractivity contribution >= 4 is 5.97 Å². The maximum absolute atomic E-state index is 11.3. The van der Waals surface area contributed by atoms with Crippen LogP contribution in [0.25, 0.3) is 0 Å². The fraction of sp³-hybridized carbons (Fsp3) is 0.909. The highest BCUT2D eigenvalue weighted by molar-refractivity contribution is 5.70. The van der Waals surface area contributed by atoms with E-state index < -0.39 is 5.54 Å². The van der Waals surface area contributed by atoms with Crippen LogP contribution in [0.2, 0.25) is 0 Å². The van der Waals surface area contributed by atoms with E-state index in [1.165, 1.54) is 0 Å². The highest BCUT2D eigenvalue weighted by atomic mass is 16.5. The van der Waals surface area contributed by atoms with Gasteiger partial charge in [0, 0.05) is 12.6 Å². The van der Waals surface area contributed by atoms with E-state index in [0.717, 1.165) is 0 Å². The number of methoxy groups -OCH3 is 1. The zero-order chi connectivity index (χ0) is 12.1. The van der Waals surface area contributed by atoms with Crippen molar-refractivity contribution in [2.75, 3.05) is 13.7 Å². The second kappa shape index (κ2) is 5.47. The van der Waals surface area contributed by atoms with Crippen LogP contribution in [0.5, 0.6) is 0 Å². The second-order valence-corrected chi connectivity index (χ2v) is 4.78. The number of esters is 1. The van der Waals surface area contributed by atoms with Gasteiger partial charge in [0.05, 0.1) is 18.6 Å². The molecular weight excluding hydrogens is 194 g/mol. The molecule has 0 aliphatic rings. The molecule has 0 saturated carbocycles. The second-order valence-electron chi connectivity index (χ2n) is 4.78. The number of hydrogen-bond donors (Lipinski definition) is 1. The van der Waals surface area contributed by atoms with Crippen molar-refractivity contribution in [2.45, 2.75) is 51.7 Å². The Morgan fingerprint density at radius 3 is 2.27 bits per heavy atom. The molecule has 4 nitrogen and oxygen atoms in total. The van der Waals surface area contributed by atoms with Crippen molar-refractivity contribution in [1.82, 2.24) is 0 Å². The van der Waals surface area contributed by atoms with Gasteiger partial charge in [0.2, 0.25) is 0 Å². The lowest BCUT2D eigenvalue weighted by molar-refractivity contribution is -0.144. The topological polar surface area (TPSA) is 61.5 Å². The Kier molecular flexibility index (Phi) is 5.24. The number of ether oxygens (including phenoxy) is 2. The van der Waals surface area contributed by atoms with Crippen LogP contribution in [-0.2, 0) is 14.3 Å². The number of carbonyl (C=O) groups excluding carboxylic acids is 1. The summed E-state index contributed by atoms with van der Waals surface area (Å²) in [7, 11) is 1.64. The van der Waals surface area contributed by atoms with Crippen molar-refractivity contribution in [3.05, 3.63) is 0 Å². The fourth-order valence-corrected chi connectivity index (χ4v) is 1.65. The zero-order valence-electron chi connectivity index (χ0n) is 10.4.